The summed E-state index contributed by atoms with van der Waals surface area (Å²) < 4.78 is 50.1. The minimum Gasteiger partial charge on any atom is -0.504 e. The molecule has 63 heavy (non-hydrogen) atoms. The van der Waals surface area contributed by atoms with Gasteiger partial charge in [0.1, 0.15) is 11.9 Å². The van der Waals surface area contributed by atoms with Crippen molar-refractivity contribution in [3.05, 3.63) is 89.0 Å². The number of aliphatic hydroxyl groups excluding tert-OH is 2. The van der Waals surface area contributed by atoms with Gasteiger partial charge < -0.3 is 40.5 Å². The minimum atomic E-state index is -4.34. The average molecular weight is 886 g/mol. The fraction of sp³-hybridized carbons (Fsp3) is 0.592. The normalized spacial score (nSPS) is 24.6. The second kappa shape index (κ2) is 23.1. The number of phenolic OH excluding ortho intramolecular Hbond substituents is 1. The summed E-state index contributed by atoms with van der Waals surface area (Å²) in [6, 6.07) is 18.2. The number of alkyl halides is 3. The van der Waals surface area contributed by atoms with Crippen molar-refractivity contribution in [1.29, 1.82) is 0 Å². The number of fused-ring (bicyclic) bond motifs is 1. The molecule has 3 aromatic rings. The number of piperidine rings is 1. The molecule has 350 valence electrons. The van der Waals surface area contributed by atoms with Crippen molar-refractivity contribution in [3.8, 4) is 17.2 Å². The maximum absolute atomic E-state index is 12.9. The molecule has 11 nitrogen and oxygen atoms in total. The lowest BCUT2D eigenvalue weighted by atomic mass is 9.53. The van der Waals surface area contributed by atoms with Crippen molar-refractivity contribution in [1.82, 2.24) is 15.5 Å². The van der Waals surface area contributed by atoms with Gasteiger partial charge in [-0.05, 0) is 111 Å². The average Bonchev–Trinajstić information content (AvgIpc) is 3.83. The van der Waals surface area contributed by atoms with E-state index in [4.69, 9.17) is 19.7 Å². The second-order valence-electron chi connectivity index (χ2n) is 18.1. The quantitative estimate of drug-likeness (QED) is 0.0640. The molecule has 1 saturated heterocycles. The number of Topliss-reactive ketones (excluding diaryl/α,β-unsaturated/α-hetero) is 1. The fourth-order valence-electron chi connectivity index (χ4n) is 8.73. The Labute approximate surface area is 371 Å². The molecule has 6 N–H and O–H groups in total. The Bertz CT molecular complexity index is 1880. The Morgan fingerprint density at radius 2 is 1.67 bits per heavy atom. The molecule has 1 amide bonds. The van der Waals surface area contributed by atoms with E-state index >= 15 is 0 Å². The number of ketones is 1. The van der Waals surface area contributed by atoms with Crippen LogP contribution in [0.3, 0.4) is 0 Å². The van der Waals surface area contributed by atoms with Gasteiger partial charge in [0.05, 0.1) is 23.2 Å². The molecular weight excluding hydrogens is 816 g/mol. The van der Waals surface area contributed by atoms with Crippen molar-refractivity contribution < 1.29 is 52.7 Å². The highest BCUT2D eigenvalue weighted by atomic mass is 19.4. The van der Waals surface area contributed by atoms with Gasteiger partial charge in [0.25, 0.3) is 0 Å². The largest absolute Gasteiger partial charge is 0.504 e. The summed E-state index contributed by atoms with van der Waals surface area (Å²) in [5, 5.41) is 44.1. The lowest BCUT2D eigenvalue weighted by molar-refractivity contribution is -0.164. The van der Waals surface area contributed by atoms with Crippen LogP contribution in [0.15, 0.2) is 66.7 Å². The predicted octanol–water partition coefficient (Wildman–Crippen LogP) is 7.23. The first-order valence-corrected chi connectivity index (χ1v) is 22.3. The van der Waals surface area contributed by atoms with Gasteiger partial charge in [-0.1, -0.05) is 77.9 Å². The molecule has 3 aromatic carbocycles. The number of benzene rings is 3. The number of rotatable bonds is 16. The number of carbonyl (C=O) groups excluding carboxylic acids is 2. The van der Waals surface area contributed by atoms with Crippen molar-refractivity contribution in [2.24, 2.45) is 23.7 Å². The summed E-state index contributed by atoms with van der Waals surface area (Å²) in [5.74, 6) is 3.42. The molecule has 2 aliphatic carbocycles. The van der Waals surface area contributed by atoms with Crippen LogP contribution in [0.5, 0.6) is 17.2 Å². The highest BCUT2D eigenvalue weighted by Crippen LogP contribution is 2.62. The van der Waals surface area contributed by atoms with Gasteiger partial charge in [0, 0.05) is 44.1 Å². The first kappa shape index (κ1) is 51.4. The molecule has 2 fully saturated rings. The van der Waals surface area contributed by atoms with Crippen LogP contribution in [0.4, 0.5) is 13.2 Å². The molecule has 14 heteroatoms. The van der Waals surface area contributed by atoms with E-state index in [1.807, 2.05) is 64.1 Å². The SMILES string of the molecule is CC(C)CNCCC(Oc1ccc(C(F)(F)F)cc1)c1ccccc1.CC(C)CO.CCC(=O)C1Oc2c(O)ccc3c2C12CCN(CC1CC1C)C(C3)C2(C)O.O=CNCCO. The zero-order chi connectivity index (χ0) is 46.5. The molecule has 2 bridgehead atoms. The van der Waals surface area contributed by atoms with E-state index in [0.29, 0.717) is 55.7 Å². The van der Waals surface area contributed by atoms with Crippen LogP contribution >= 0.6 is 0 Å². The van der Waals surface area contributed by atoms with Crippen molar-refractivity contribution >= 4 is 12.2 Å². The Balaban J connectivity index is 0.000000225. The number of nitrogens with zero attached hydrogens (tertiary/aromatic N) is 1. The van der Waals surface area contributed by atoms with Gasteiger partial charge in [-0.25, -0.2) is 0 Å². The molecule has 4 aliphatic rings. The van der Waals surface area contributed by atoms with E-state index < -0.39 is 28.9 Å². The van der Waals surface area contributed by atoms with E-state index in [2.05, 4.69) is 36.3 Å². The third-order valence-corrected chi connectivity index (χ3v) is 12.4. The number of halogens is 3. The smallest absolute Gasteiger partial charge is 0.416 e. The fourth-order valence-corrected chi connectivity index (χ4v) is 8.73. The molecule has 7 atom stereocenters. The number of carbonyl (C=O) groups is 2. The van der Waals surface area contributed by atoms with Gasteiger partial charge in [-0.3, -0.25) is 14.5 Å². The number of ether oxygens (including phenoxy) is 2. The number of hydrogen-bond donors (Lipinski definition) is 6. The molecule has 0 aromatic heterocycles. The zero-order valence-corrected chi connectivity index (χ0v) is 38.0. The molecule has 2 heterocycles. The third kappa shape index (κ3) is 13.0. The lowest BCUT2D eigenvalue weighted by Crippen LogP contribution is -2.73. The summed E-state index contributed by atoms with van der Waals surface area (Å²) in [6.07, 6.45) is -0.939. The number of phenols is 1. The van der Waals surface area contributed by atoms with Crippen LogP contribution < -0.4 is 20.1 Å². The minimum absolute atomic E-state index is 0.00161. The maximum atomic E-state index is 12.9. The summed E-state index contributed by atoms with van der Waals surface area (Å²) >= 11 is 0. The number of likely N-dealkylation sites (tertiary alicyclic amines) is 1. The zero-order valence-electron chi connectivity index (χ0n) is 38.0. The molecule has 1 saturated carbocycles. The number of amides is 1. The van der Waals surface area contributed by atoms with Gasteiger partial charge in [0.15, 0.2) is 23.4 Å². The van der Waals surface area contributed by atoms with Crippen LogP contribution in [-0.2, 0) is 27.6 Å². The Kier molecular flexibility index (Phi) is 18.9. The first-order valence-electron chi connectivity index (χ1n) is 22.3. The van der Waals surface area contributed by atoms with E-state index in [1.165, 1.54) is 18.6 Å². The number of aromatic hydroxyl groups is 1. The Morgan fingerprint density at radius 3 is 2.19 bits per heavy atom. The molecule has 2 aliphatic heterocycles. The summed E-state index contributed by atoms with van der Waals surface area (Å²) in [6.45, 7) is 18.5. The van der Waals surface area contributed by atoms with Gasteiger partial charge >= 0.3 is 6.18 Å². The van der Waals surface area contributed by atoms with Crippen molar-refractivity contribution in [3.63, 3.8) is 0 Å². The molecule has 7 unspecified atom stereocenters. The molecule has 1 spiro atoms. The summed E-state index contributed by atoms with van der Waals surface area (Å²) in [5.41, 5.74) is 0.487. The standard InChI is InChI=1S/C22H29NO4.C20H24F3NO.C4H10O.C3H7NO2/c1-4-15(24)20-22-7-8-23(11-14-9-12(14)2)17(21(22,3)26)10-13-5-6-16(25)19(27-20)18(13)22;1-15(2)14-24-13-12-19(16-6-4-3-5-7-16)25-18-10-8-17(9-11-18)20(21,22)23;1-4(2)3-5;5-2-1-4-3-6/h5-6,12,14,17,20,25-26H,4,7-11H2,1-3H3;3-11,15,19,24H,12-14H2,1-2H3;4-5H,3H2,1-2H3;3,5H,1-2H2,(H,4,6). The van der Waals surface area contributed by atoms with E-state index in [-0.39, 0.29) is 30.3 Å². The maximum Gasteiger partial charge on any atom is 0.416 e. The van der Waals surface area contributed by atoms with Crippen molar-refractivity contribution in [2.75, 3.05) is 45.9 Å². The van der Waals surface area contributed by atoms with Crippen LogP contribution in [0.2, 0.25) is 0 Å². The first-order chi connectivity index (χ1) is 29.9. The highest BCUT2D eigenvalue weighted by Gasteiger charge is 2.69. The second-order valence-corrected chi connectivity index (χ2v) is 18.1. The summed E-state index contributed by atoms with van der Waals surface area (Å²) in [4.78, 5) is 24.6. The highest BCUT2D eigenvalue weighted by molar-refractivity contribution is 5.88. The number of nitrogens with one attached hydrogen (secondary N) is 2. The van der Waals surface area contributed by atoms with E-state index in [9.17, 15) is 33.0 Å². The molecular formula is C49H70F3N3O8. The van der Waals surface area contributed by atoms with E-state index in [1.54, 1.807) is 6.07 Å². The number of hydrogen-bond acceptors (Lipinski definition) is 10. The van der Waals surface area contributed by atoms with Gasteiger partial charge in [-0.2, -0.15) is 13.2 Å². The monoisotopic (exact) mass is 886 g/mol. The van der Waals surface area contributed by atoms with Crippen LogP contribution in [-0.4, -0.2) is 101 Å². The Morgan fingerprint density at radius 1 is 1.02 bits per heavy atom. The molecule has 0 radical (unpaired) electrons. The van der Waals surface area contributed by atoms with Gasteiger partial charge in [0.2, 0.25) is 6.41 Å². The third-order valence-electron chi connectivity index (χ3n) is 12.4. The van der Waals surface area contributed by atoms with Crippen LogP contribution in [0, 0.1) is 23.7 Å². The number of aliphatic hydroxyl groups is 3. The predicted molar refractivity (Wildman–Crippen MR) is 238 cm³/mol. The lowest BCUT2D eigenvalue weighted by Gasteiger charge is -2.59. The van der Waals surface area contributed by atoms with Crippen molar-refractivity contribution in [2.45, 2.75) is 116 Å². The van der Waals surface area contributed by atoms with Gasteiger partial charge in [-0.15, -0.1) is 0 Å². The molecule has 7 rings (SSSR count). The Hall–Kier alpha value is -4.21. The topological polar surface area (TPSA) is 161 Å². The summed E-state index contributed by atoms with van der Waals surface area (Å²) in [7, 11) is 0. The van der Waals surface area contributed by atoms with E-state index in [0.717, 1.165) is 79.7 Å². The van der Waals surface area contributed by atoms with Crippen LogP contribution in [0.1, 0.15) is 103 Å². The van der Waals surface area contributed by atoms with Crippen LogP contribution in [0.25, 0.3) is 0 Å².